The van der Waals surface area contributed by atoms with E-state index in [0.717, 1.165) is 38.0 Å². The monoisotopic (exact) mass is 291 g/mol. The van der Waals surface area contributed by atoms with Crippen molar-refractivity contribution in [2.75, 3.05) is 20.1 Å². The van der Waals surface area contributed by atoms with E-state index >= 15 is 0 Å². The predicted molar refractivity (Wildman–Crippen MR) is 79.0 cm³/mol. The summed E-state index contributed by atoms with van der Waals surface area (Å²) in [6, 6.07) is 0. The molecule has 5 nitrogen and oxygen atoms in total. The predicted octanol–water partition coefficient (Wildman–Crippen LogP) is 1.46. The Morgan fingerprint density at radius 2 is 1.89 bits per heavy atom. The van der Waals surface area contributed by atoms with Gasteiger partial charge in [-0.3, -0.25) is 0 Å². The maximum absolute atomic E-state index is 12.3. The number of hydrogen-bond donors (Lipinski definition) is 2. The summed E-state index contributed by atoms with van der Waals surface area (Å²) < 4.78 is 28.6. The van der Waals surface area contributed by atoms with Crippen LogP contribution in [0.5, 0.6) is 0 Å². The molecule has 0 unspecified atom stereocenters. The third-order valence-corrected chi connectivity index (χ3v) is 6.16. The standard InChI is InChI=1S/C13H29N3O2S/c1-4-10-16(19(17,18)15-3)13(11-14)8-6-12(5-2)7-9-13/h12,15H,4-11,14H2,1-3H3. The van der Waals surface area contributed by atoms with Crippen molar-refractivity contribution in [3.05, 3.63) is 0 Å². The van der Waals surface area contributed by atoms with E-state index in [1.54, 1.807) is 4.31 Å². The molecule has 1 aliphatic carbocycles. The smallest absolute Gasteiger partial charge is 0.279 e. The highest BCUT2D eigenvalue weighted by Crippen LogP contribution is 2.38. The largest absolute Gasteiger partial charge is 0.329 e. The summed E-state index contributed by atoms with van der Waals surface area (Å²) in [5, 5.41) is 0. The SMILES string of the molecule is CCCN(C1(CN)CCC(CC)CC1)S(=O)(=O)NC. The zero-order chi connectivity index (χ0) is 14.5. The van der Waals surface area contributed by atoms with Gasteiger partial charge in [0.05, 0.1) is 0 Å². The molecule has 6 heteroatoms. The number of nitrogens with zero attached hydrogens (tertiary/aromatic N) is 1. The lowest BCUT2D eigenvalue weighted by Crippen LogP contribution is -2.60. The molecule has 0 aliphatic heterocycles. The Morgan fingerprint density at radius 3 is 2.26 bits per heavy atom. The topological polar surface area (TPSA) is 75.4 Å². The second kappa shape index (κ2) is 7.02. The molecule has 114 valence electrons. The van der Waals surface area contributed by atoms with E-state index < -0.39 is 10.2 Å². The number of nitrogens with two attached hydrogens (primary N) is 1. The Balaban J connectivity index is 2.97. The van der Waals surface area contributed by atoms with Gasteiger partial charge in [-0.1, -0.05) is 20.3 Å². The maximum atomic E-state index is 12.3. The quantitative estimate of drug-likeness (QED) is 0.745. The van der Waals surface area contributed by atoms with Crippen LogP contribution in [0.1, 0.15) is 52.4 Å². The van der Waals surface area contributed by atoms with Crippen molar-refractivity contribution in [3.63, 3.8) is 0 Å². The van der Waals surface area contributed by atoms with E-state index in [1.807, 2.05) is 6.92 Å². The molecule has 0 heterocycles. The molecule has 1 rings (SSSR count). The van der Waals surface area contributed by atoms with Crippen LogP contribution in [0.2, 0.25) is 0 Å². The van der Waals surface area contributed by atoms with Crippen molar-refractivity contribution < 1.29 is 8.42 Å². The number of rotatable bonds is 7. The molecule has 0 aromatic carbocycles. The van der Waals surface area contributed by atoms with Crippen LogP contribution in [-0.2, 0) is 10.2 Å². The Hall–Kier alpha value is -0.170. The summed E-state index contributed by atoms with van der Waals surface area (Å²) in [5.74, 6) is 0.723. The molecule has 3 N–H and O–H groups in total. The fourth-order valence-corrected chi connectivity index (χ4v) is 4.51. The number of hydrogen-bond acceptors (Lipinski definition) is 3. The number of nitrogens with one attached hydrogen (secondary N) is 1. The van der Waals surface area contributed by atoms with Crippen LogP contribution in [0.25, 0.3) is 0 Å². The first kappa shape index (κ1) is 16.9. The van der Waals surface area contributed by atoms with E-state index in [1.165, 1.54) is 13.5 Å². The normalized spacial score (nSPS) is 28.8. The fourth-order valence-electron chi connectivity index (χ4n) is 3.10. The molecule has 0 bridgehead atoms. The molecule has 0 amide bonds. The van der Waals surface area contributed by atoms with E-state index in [2.05, 4.69) is 11.6 Å². The molecular weight excluding hydrogens is 262 g/mol. The van der Waals surface area contributed by atoms with Gasteiger partial charge >= 0.3 is 0 Å². The second-order valence-electron chi connectivity index (χ2n) is 5.56. The summed E-state index contributed by atoms with van der Waals surface area (Å²) >= 11 is 0. The van der Waals surface area contributed by atoms with Crippen LogP contribution in [0.4, 0.5) is 0 Å². The molecule has 1 fully saturated rings. The Kier molecular flexibility index (Phi) is 6.23. The van der Waals surface area contributed by atoms with Crippen LogP contribution in [0.15, 0.2) is 0 Å². The van der Waals surface area contributed by atoms with Crippen LogP contribution in [0.3, 0.4) is 0 Å². The Morgan fingerprint density at radius 1 is 1.32 bits per heavy atom. The van der Waals surface area contributed by atoms with Gasteiger partial charge in [0.25, 0.3) is 10.2 Å². The van der Waals surface area contributed by atoms with Gasteiger partial charge in [0, 0.05) is 25.7 Å². The third kappa shape index (κ3) is 3.68. The minimum absolute atomic E-state index is 0.385. The van der Waals surface area contributed by atoms with Crippen LogP contribution in [-0.4, -0.2) is 38.4 Å². The molecule has 0 aromatic heterocycles. The molecule has 1 aliphatic rings. The van der Waals surface area contributed by atoms with E-state index in [4.69, 9.17) is 5.73 Å². The average Bonchev–Trinajstić information content (AvgIpc) is 2.44. The highest BCUT2D eigenvalue weighted by Gasteiger charge is 2.43. The van der Waals surface area contributed by atoms with Crippen molar-refractivity contribution in [2.45, 2.75) is 57.9 Å². The first-order chi connectivity index (χ1) is 8.95. The second-order valence-corrected chi connectivity index (χ2v) is 7.36. The molecule has 0 radical (unpaired) electrons. The van der Waals surface area contributed by atoms with Gasteiger partial charge < -0.3 is 5.73 Å². The lowest BCUT2D eigenvalue weighted by Gasteiger charge is -2.46. The average molecular weight is 291 g/mol. The van der Waals surface area contributed by atoms with Crippen molar-refractivity contribution in [1.29, 1.82) is 0 Å². The van der Waals surface area contributed by atoms with Crippen molar-refractivity contribution in [2.24, 2.45) is 11.7 Å². The van der Waals surface area contributed by atoms with E-state index in [0.29, 0.717) is 13.1 Å². The van der Waals surface area contributed by atoms with Gasteiger partial charge in [0.1, 0.15) is 0 Å². The fraction of sp³-hybridized carbons (Fsp3) is 1.00. The third-order valence-electron chi connectivity index (χ3n) is 4.50. The molecule has 19 heavy (non-hydrogen) atoms. The minimum Gasteiger partial charge on any atom is -0.329 e. The highest BCUT2D eigenvalue weighted by atomic mass is 32.2. The molecule has 0 atom stereocenters. The zero-order valence-electron chi connectivity index (χ0n) is 12.5. The molecule has 0 saturated heterocycles. The van der Waals surface area contributed by atoms with Gasteiger partial charge in [-0.15, -0.1) is 0 Å². The summed E-state index contributed by atoms with van der Waals surface area (Å²) in [6.07, 6.45) is 5.89. The van der Waals surface area contributed by atoms with Crippen molar-refractivity contribution >= 4 is 10.2 Å². The molecule has 1 saturated carbocycles. The van der Waals surface area contributed by atoms with E-state index in [9.17, 15) is 8.42 Å². The molecular formula is C13H29N3O2S. The maximum Gasteiger partial charge on any atom is 0.279 e. The lowest BCUT2D eigenvalue weighted by molar-refractivity contribution is 0.109. The highest BCUT2D eigenvalue weighted by molar-refractivity contribution is 7.87. The first-order valence-electron chi connectivity index (χ1n) is 7.37. The zero-order valence-corrected chi connectivity index (χ0v) is 13.3. The van der Waals surface area contributed by atoms with E-state index in [-0.39, 0.29) is 5.54 Å². The van der Waals surface area contributed by atoms with Gasteiger partial charge in [-0.05, 0) is 38.0 Å². The molecule has 0 spiro atoms. The minimum atomic E-state index is -3.41. The van der Waals surface area contributed by atoms with Gasteiger partial charge in [-0.2, -0.15) is 12.7 Å². The van der Waals surface area contributed by atoms with Gasteiger partial charge in [0.2, 0.25) is 0 Å². The Bertz CT molecular complexity index is 362. The van der Waals surface area contributed by atoms with Crippen LogP contribution in [0, 0.1) is 5.92 Å². The summed E-state index contributed by atoms with van der Waals surface area (Å²) in [4.78, 5) is 0. The summed E-state index contributed by atoms with van der Waals surface area (Å²) in [6.45, 7) is 5.15. The molecule has 0 aromatic rings. The van der Waals surface area contributed by atoms with Gasteiger partial charge in [0.15, 0.2) is 0 Å². The Labute approximate surface area is 118 Å². The summed E-state index contributed by atoms with van der Waals surface area (Å²) in [7, 11) is -1.94. The lowest BCUT2D eigenvalue weighted by atomic mass is 9.75. The van der Waals surface area contributed by atoms with Crippen LogP contribution < -0.4 is 10.5 Å². The summed E-state index contributed by atoms with van der Waals surface area (Å²) in [5.41, 5.74) is 5.59. The van der Waals surface area contributed by atoms with Crippen molar-refractivity contribution in [3.8, 4) is 0 Å². The van der Waals surface area contributed by atoms with Gasteiger partial charge in [-0.25, -0.2) is 4.72 Å². The van der Waals surface area contributed by atoms with Crippen molar-refractivity contribution in [1.82, 2.24) is 9.03 Å². The van der Waals surface area contributed by atoms with Crippen LogP contribution >= 0.6 is 0 Å². The first-order valence-corrected chi connectivity index (χ1v) is 8.81.